The van der Waals surface area contributed by atoms with Crippen molar-refractivity contribution in [3.8, 4) is 0 Å². The van der Waals surface area contributed by atoms with Gasteiger partial charge in [-0.05, 0) is 25.8 Å². The highest BCUT2D eigenvalue weighted by Gasteiger charge is 2.18. The second-order valence-electron chi connectivity index (χ2n) is 5.64. The normalized spacial score (nSPS) is 17.5. The van der Waals surface area contributed by atoms with E-state index in [2.05, 4.69) is 31.1 Å². The Hall–Kier alpha value is -0.120. The summed E-state index contributed by atoms with van der Waals surface area (Å²) in [4.78, 5) is 2.51. The highest BCUT2D eigenvalue weighted by molar-refractivity contribution is 4.75. The fourth-order valence-electron chi connectivity index (χ4n) is 2.37. The Kier molecular flexibility index (Phi) is 7.82. The molecular formula is C14H30N2O. The Bertz CT molecular complexity index is 179. The van der Waals surface area contributed by atoms with Crippen LogP contribution >= 0.6 is 0 Å². The van der Waals surface area contributed by atoms with Crippen LogP contribution in [0.15, 0.2) is 0 Å². The third-order valence-corrected chi connectivity index (χ3v) is 3.46. The molecule has 0 atom stereocenters. The fraction of sp³-hybridized carbons (Fsp3) is 1.00. The first-order valence-electron chi connectivity index (χ1n) is 7.19. The number of hydrogen-bond acceptors (Lipinski definition) is 3. The molecule has 0 aromatic heterocycles. The van der Waals surface area contributed by atoms with Gasteiger partial charge in [-0.3, -0.25) is 0 Å². The third kappa shape index (κ3) is 7.02. The zero-order valence-electron chi connectivity index (χ0n) is 11.9. The quantitative estimate of drug-likeness (QED) is 0.627. The van der Waals surface area contributed by atoms with Crippen molar-refractivity contribution in [2.75, 3.05) is 39.9 Å². The van der Waals surface area contributed by atoms with Gasteiger partial charge < -0.3 is 15.0 Å². The highest BCUT2D eigenvalue weighted by Crippen LogP contribution is 2.21. The molecule has 1 N–H and O–H groups in total. The predicted molar refractivity (Wildman–Crippen MR) is 73.4 cm³/mol. The van der Waals surface area contributed by atoms with Crippen LogP contribution in [0, 0.1) is 5.92 Å². The topological polar surface area (TPSA) is 24.5 Å². The van der Waals surface area contributed by atoms with E-state index < -0.39 is 0 Å². The van der Waals surface area contributed by atoms with Crippen LogP contribution in [-0.2, 0) is 4.74 Å². The summed E-state index contributed by atoms with van der Waals surface area (Å²) in [6, 6.07) is 0.842. The van der Waals surface area contributed by atoms with Crippen molar-refractivity contribution in [2.24, 2.45) is 5.92 Å². The molecule has 0 heterocycles. The second kappa shape index (κ2) is 8.90. The van der Waals surface area contributed by atoms with Crippen LogP contribution in [0.3, 0.4) is 0 Å². The molecule has 17 heavy (non-hydrogen) atoms. The van der Waals surface area contributed by atoms with E-state index in [0.717, 1.165) is 38.9 Å². The summed E-state index contributed by atoms with van der Waals surface area (Å²) in [6.07, 6.45) is 5.64. The van der Waals surface area contributed by atoms with E-state index in [0.29, 0.717) is 5.92 Å². The summed E-state index contributed by atoms with van der Waals surface area (Å²) in [6.45, 7) is 9.31. The van der Waals surface area contributed by atoms with Crippen LogP contribution in [0.2, 0.25) is 0 Å². The standard InChI is InChI=1S/C14H30N2O/c1-13(2)12-17-11-9-15-8-10-16(3)14-6-4-5-7-14/h13-15H,4-12H2,1-3H3. The average molecular weight is 242 g/mol. The summed E-state index contributed by atoms with van der Waals surface area (Å²) in [5, 5.41) is 3.45. The first kappa shape index (κ1) is 14.9. The second-order valence-corrected chi connectivity index (χ2v) is 5.64. The maximum Gasteiger partial charge on any atom is 0.0591 e. The van der Waals surface area contributed by atoms with Crippen molar-refractivity contribution in [3.63, 3.8) is 0 Å². The zero-order valence-corrected chi connectivity index (χ0v) is 11.9. The molecule has 0 bridgehead atoms. The molecule has 1 aliphatic carbocycles. The number of hydrogen-bond donors (Lipinski definition) is 1. The van der Waals surface area contributed by atoms with E-state index in [4.69, 9.17) is 4.74 Å². The number of rotatable bonds is 9. The Balaban J connectivity index is 1.86. The van der Waals surface area contributed by atoms with Gasteiger partial charge in [0.25, 0.3) is 0 Å². The maximum atomic E-state index is 5.53. The van der Waals surface area contributed by atoms with Gasteiger partial charge in [0.1, 0.15) is 0 Å². The Labute approximate surface area is 107 Å². The lowest BCUT2D eigenvalue weighted by Crippen LogP contribution is -2.36. The first-order chi connectivity index (χ1) is 8.20. The molecular weight excluding hydrogens is 212 g/mol. The smallest absolute Gasteiger partial charge is 0.0591 e. The molecule has 0 amide bonds. The lowest BCUT2D eigenvalue weighted by molar-refractivity contribution is 0.111. The van der Waals surface area contributed by atoms with Crippen molar-refractivity contribution < 1.29 is 4.74 Å². The molecule has 0 saturated heterocycles. The van der Waals surface area contributed by atoms with Crippen LogP contribution in [0.5, 0.6) is 0 Å². The van der Waals surface area contributed by atoms with Crippen LogP contribution in [0.1, 0.15) is 39.5 Å². The molecule has 3 heteroatoms. The van der Waals surface area contributed by atoms with Crippen LogP contribution in [0.25, 0.3) is 0 Å². The van der Waals surface area contributed by atoms with Gasteiger partial charge in [-0.2, -0.15) is 0 Å². The van der Waals surface area contributed by atoms with E-state index >= 15 is 0 Å². The Morgan fingerprint density at radius 2 is 1.94 bits per heavy atom. The predicted octanol–water partition coefficient (Wildman–Crippen LogP) is 2.12. The minimum Gasteiger partial charge on any atom is -0.380 e. The summed E-state index contributed by atoms with van der Waals surface area (Å²) < 4.78 is 5.53. The van der Waals surface area contributed by atoms with Crippen molar-refractivity contribution in [2.45, 2.75) is 45.6 Å². The lowest BCUT2D eigenvalue weighted by Gasteiger charge is -2.23. The number of likely N-dealkylation sites (N-methyl/N-ethyl adjacent to an activating group) is 1. The largest absolute Gasteiger partial charge is 0.380 e. The van der Waals surface area contributed by atoms with Gasteiger partial charge in [-0.25, -0.2) is 0 Å². The molecule has 1 fully saturated rings. The van der Waals surface area contributed by atoms with E-state index in [1.54, 1.807) is 0 Å². The minimum absolute atomic E-state index is 0.642. The fourth-order valence-corrected chi connectivity index (χ4v) is 2.37. The molecule has 1 aliphatic rings. The van der Waals surface area contributed by atoms with Crippen molar-refractivity contribution >= 4 is 0 Å². The van der Waals surface area contributed by atoms with Gasteiger partial charge in [0, 0.05) is 32.3 Å². The molecule has 0 aromatic rings. The number of nitrogens with one attached hydrogen (secondary N) is 1. The van der Waals surface area contributed by atoms with Gasteiger partial charge in [0.05, 0.1) is 6.61 Å². The number of ether oxygens (including phenoxy) is 1. The molecule has 1 saturated carbocycles. The van der Waals surface area contributed by atoms with Crippen LogP contribution < -0.4 is 5.32 Å². The van der Waals surface area contributed by atoms with E-state index in [9.17, 15) is 0 Å². The zero-order chi connectivity index (χ0) is 12.5. The lowest BCUT2D eigenvalue weighted by atomic mass is 10.2. The highest BCUT2D eigenvalue weighted by atomic mass is 16.5. The molecule has 0 aliphatic heterocycles. The third-order valence-electron chi connectivity index (χ3n) is 3.46. The summed E-state index contributed by atoms with van der Waals surface area (Å²) in [7, 11) is 2.26. The average Bonchev–Trinajstić information content (AvgIpc) is 2.80. The Morgan fingerprint density at radius 1 is 1.24 bits per heavy atom. The molecule has 102 valence electrons. The molecule has 3 nitrogen and oxygen atoms in total. The van der Waals surface area contributed by atoms with Gasteiger partial charge in [0.15, 0.2) is 0 Å². The summed E-state index contributed by atoms with van der Waals surface area (Å²) in [5.74, 6) is 0.642. The SMILES string of the molecule is CC(C)COCCNCCN(C)C1CCCC1. The molecule has 0 spiro atoms. The summed E-state index contributed by atoms with van der Waals surface area (Å²) >= 11 is 0. The van der Waals surface area contributed by atoms with Crippen molar-refractivity contribution in [1.82, 2.24) is 10.2 Å². The van der Waals surface area contributed by atoms with Gasteiger partial charge >= 0.3 is 0 Å². The molecule has 0 aromatic carbocycles. The van der Waals surface area contributed by atoms with E-state index in [1.807, 2.05) is 0 Å². The van der Waals surface area contributed by atoms with Crippen molar-refractivity contribution in [1.29, 1.82) is 0 Å². The van der Waals surface area contributed by atoms with Gasteiger partial charge in [0.2, 0.25) is 0 Å². The maximum absolute atomic E-state index is 5.53. The van der Waals surface area contributed by atoms with Gasteiger partial charge in [-0.1, -0.05) is 26.7 Å². The monoisotopic (exact) mass is 242 g/mol. The summed E-state index contributed by atoms with van der Waals surface area (Å²) in [5.41, 5.74) is 0. The van der Waals surface area contributed by atoms with Crippen LogP contribution in [-0.4, -0.2) is 50.8 Å². The molecule has 0 radical (unpaired) electrons. The van der Waals surface area contributed by atoms with E-state index in [-0.39, 0.29) is 0 Å². The first-order valence-corrected chi connectivity index (χ1v) is 7.19. The minimum atomic E-state index is 0.642. The Morgan fingerprint density at radius 3 is 2.59 bits per heavy atom. The molecule has 1 rings (SSSR count). The van der Waals surface area contributed by atoms with Crippen molar-refractivity contribution in [3.05, 3.63) is 0 Å². The number of nitrogens with zero attached hydrogens (tertiary/aromatic N) is 1. The molecule has 0 unspecified atom stereocenters. The van der Waals surface area contributed by atoms with Gasteiger partial charge in [-0.15, -0.1) is 0 Å². The van der Waals surface area contributed by atoms with E-state index in [1.165, 1.54) is 25.7 Å². The van der Waals surface area contributed by atoms with Crippen LogP contribution in [0.4, 0.5) is 0 Å².